The maximum Gasteiger partial charge on any atom is 0.408 e. The number of amides is 1. The summed E-state index contributed by atoms with van der Waals surface area (Å²) in [5.41, 5.74) is 1.55. The summed E-state index contributed by atoms with van der Waals surface area (Å²) in [5.74, 6) is 0.612. The molecule has 2 rings (SSSR count). The summed E-state index contributed by atoms with van der Waals surface area (Å²) < 4.78 is 5.14. The molecule has 6 heteroatoms. The van der Waals surface area contributed by atoms with E-state index >= 15 is 0 Å². The van der Waals surface area contributed by atoms with Gasteiger partial charge in [0.2, 0.25) is 0 Å². The molecule has 1 aromatic carbocycles. The average molecular weight is 272 g/mol. The number of hydrogen-bond donors (Lipinski definition) is 2. The van der Waals surface area contributed by atoms with Crippen molar-refractivity contribution < 1.29 is 9.53 Å². The third-order valence-corrected chi connectivity index (χ3v) is 2.46. The molecule has 0 aliphatic rings. The van der Waals surface area contributed by atoms with Crippen LogP contribution in [0.5, 0.6) is 0 Å². The monoisotopic (exact) mass is 272 g/mol. The van der Waals surface area contributed by atoms with Crippen molar-refractivity contribution in [3.8, 4) is 6.07 Å². The van der Waals surface area contributed by atoms with E-state index < -0.39 is 11.7 Å². The molecular weight excluding hydrogens is 256 g/mol. The van der Waals surface area contributed by atoms with Crippen LogP contribution in [0.1, 0.15) is 32.2 Å². The first kappa shape index (κ1) is 13.9. The van der Waals surface area contributed by atoms with Gasteiger partial charge in [-0.3, -0.25) is 0 Å². The Morgan fingerprint density at radius 1 is 1.50 bits per heavy atom. The quantitative estimate of drug-likeness (QED) is 0.878. The predicted octanol–water partition coefficient (Wildman–Crippen LogP) is 2.46. The van der Waals surface area contributed by atoms with Gasteiger partial charge in [-0.15, -0.1) is 0 Å². The van der Waals surface area contributed by atoms with Crippen LogP contribution in [0.2, 0.25) is 0 Å². The smallest absolute Gasteiger partial charge is 0.408 e. The fourth-order valence-electron chi connectivity index (χ4n) is 1.68. The molecule has 0 saturated heterocycles. The van der Waals surface area contributed by atoms with E-state index in [0.29, 0.717) is 16.9 Å². The number of rotatable bonds is 2. The van der Waals surface area contributed by atoms with Crippen molar-refractivity contribution in [2.75, 3.05) is 0 Å². The molecule has 2 N–H and O–H groups in total. The molecule has 0 aliphatic heterocycles. The van der Waals surface area contributed by atoms with Crippen LogP contribution in [0.15, 0.2) is 18.2 Å². The average Bonchev–Trinajstić information content (AvgIpc) is 2.75. The second kappa shape index (κ2) is 5.21. The van der Waals surface area contributed by atoms with E-state index in [9.17, 15) is 4.79 Å². The minimum atomic E-state index is -0.528. The third-order valence-electron chi connectivity index (χ3n) is 2.46. The van der Waals surface area contributed by atoms with Crippen molar-refractivity contribution in [2.24, 2.45) is 0 Å². The number of carbonyl (C=O) groups is 1. The lowest BCUT2D eigenvalue weighted by Gasteiger charge is -2.19. The van der Waals surface area contributed by atoms with Crippen LogP contribution < -0.4 is 5.32 Å². The Bertz CT molecular complexity index is 677. The standard InChI is InChI=1S/C14H16N4O2/c1-14(2,3)20-13(19)16-8-12-17-10-5-4-9(7-15)6-11(10)18-12/h4-6H,8H2,1-3H3,(H,16,19)(H,17,18). The van der Waals surface area contributed by atoms with Gasteiger partial charge >= 0.3 is 6.09 Å². The van der Waals surface area contributed by atoms with Crippen molar-refractivity contribution in [2.45, 2.75) is 32.9 Å². The number of H-pyrrole nitrogens is 1. The fourth-order valence-corrected chi connectivity index (χ4v) is 1.68. The summed E-state index contributed by atoms with van der Waals surface area (Å²) in [5, 5.41) is 11.5. The number of aromatic nitrogens is 2. The van der Waals surface area contributed by atoms with Crippen molar-refractivity contribution >= 4 is 17.1 Å². The first-order valence-corrected chi connectivity index (χ1v) is 6.23. The summed E-state index contributed by atoms with van der Waals surface area (Å²) >= 11 is 0. The van der Waals surface area contributed by atoms with Crippen LogP contribution in [-0.4, -0.2) is 21.7 Å². The summed E-state index contributed by atoms with van der Waals surface area (Å²) in [4.78, 5) is 18.9. The molecule has 0 spiro atoms. The lowest BCUT2D eigenvalue weighted by Crippen LogP contribution is -2.32. The van der Waals surface area contributed by atoms with Crippen molar-refractivity contribution in [1.82, 2.24) is 15.3 Å². The molecule has 0 fully saturated rings. The Kier molecular flexibility index (Phi) is 3.61. The molecule has 0 radical (unpaired) electrons. The number of alkyl carbamates (subject to hydrolysis) is 1. The molecule has 0 saturated carbocycles. The van der Waals surface area contributed by atoms with Crippen LogP contribution in [0.3, 0.4) is 0 Å². The zero-order valence-corrected chi connectivity index (χ0v) is 11.7. The topological polar surface area (TPSA) is 90.8 Å². The Morgan fingerprint density at radius 3 is 2.90 bits per heavy atom. The Hall–Kier alpha value is -2.55. The molecule has 1 aromatic heterocycles. The van der Waals surface area contributed by atoms with Gasteiger partial charge in [0, 0.05) is 0 Å². The molecule has 1 amide bonds. The van der Waals surface area contributed by atoms with E-state index in [1.165, 1.54) is 0 Å². The maximum atomic E-state index is 11.5. The molecule has 6 nitrogen and oxygen atoms in total. The van der Waals surface area contributed by atoms with Gasteiger partial charge in [-0.1, -0.05) is 0 Å². The number of carbonyl (C=O) groups excluding carboxylic acids is 1. The Morgan fingerprint density at radius 2 is 2.25 bits per heavy atom. The normalized spacial score (nSPS) is 11.1. The number of hydrogen-bond acceptors (Lipinski definition) is 4. The highest BCUT2D eigenvalue weighted by Gasteiger charge is 2.16. The van der Waals surface area contributed by atoms with Gasteiger partial charge in [-0.25, -0.2) is 9.78 Å². The third kappa shape index (κ3) is 3.48. The molecule has 2 aromatic rings. The highest BCUT2D eigenvalue weighted by atomic mass is 16.6. The number of nitriles is 1. The molecule has 0 unspecified atom stereocenters. The minimum absolute atomic E-state index is 0.242. The van der Waals surface area contributed by atoms with Crippen LogP contribution in [0, 0.1) is 11.3 Å². The van der Waals surface area contributed by atoms with E-state index in [1.807, 2.05) is 0 Å². The maximum absolute atomic E-state index is 11.5. The van der Waals surface area contributed by atoms with E-state index in [-0.39, 0.29) is 6.54 Å². The zero-order valence-electron chi connectivity index (χ0n) is 11.7. The van der Waals surface area contributed by atoms with Crippen molar-refractivity contribution in [3.63, 3.8) is 0 Å². The van der Waals surface area contributed by atoms with Gasteiger partial charge in [0.1, 0.15) is 11.4 Å². The van der Waals surface area contributed by atoms with E-state index in [0.717, 1.165) is 5.52 Å². The zero-order chi connectivity index (χ0) is 14.8. The van der Waals surface area contributed by atoms with Crippen LogP contribution in [-0.2, 0) is 11.3 Å². The molecule has 20 heavy (non-hydrogen) atoms. The highest BCUT2D eigenvalue weighted by Crippen LogP contribution is 2.13. The van der Waals surface area contributed by atoms with Crippen LogP contribution in [0.25, 0.3) is 11.0 Å². The second-order valence-electron chi connectivity index (χ2n) is 5.38. The van der Waals surface area contributed by atoms with Crippen molar-refractivity contribution in [1.29, 1.82) is 5.26 Å². The lowest BCUT2D eigenvalue weighted by atomic mass is 10.2. The highest BCUT2D eigenvalue weighted by molar-refractivity contribution is 5.77. The summed E-state index contributed by atoms with van der Waals surface area (Å²) in [7, 11) is 0. The second-order valence-corrected chi connectivity index (χ2v) is 5.38. The molecule has 0 atom stereocenters. The van der Waals surface area contributed by atoms with Crippen molar-refractivity contribution in [3.05, 3.63) is 29.6 Å². The molecule has 0 bridgehead atoms. The molecule has 0 aliphatic carbocycles. The van der Waals surface area contributed by atoms with Crippen LogP contribution in [0.4, 0.5) is 4.79 Å². The SMILES string of the molecule is CC(C)(C)OC(=O)NCc1nc2cc(C#N)ccc2[nH]1. The minimum Gasteiger partial charge on any atom is -0.444 e. The predicted molar refractivity (Wildman–Crippen MR) is 73.9 cm³/mol. The van der Waals surface area contributed by atoms with Gasteiger partial charge in [0.25, 0.3) is 0 Å². The van der Waals surface area contributed by atoms with Gasteiger partial charge < -0.3 is 15.0 Å². The Balaban J connectivity index is 2.04. The van der Waals surface area contributed by atoms with Gasteiger partial charge in [0.15, 0.2) is 0 Å². The van der Waals surface area contributed by atoms with E-state index in [1.54, 1.807) is 39.0 Å². The van der Waals surface area contributed by atoms with Crippen LogP contribution >= 0.6 is 0 Å². The fraction of sp³-hybridized carbons (Fsp3) is 0.357. The van der Waals surface area contributed by atoms with E-state index in [4.69, 9.17) is 10.00 Å². The largest absolute Gasteiger partial charge is 0.444 e. The number of nitrogens with zero attached hydrogens (tertiary/aromatic N) is 2. The number of ether oxygens (including phenoxy) is 1. The van der Waals surface area contributed by atoms with Gasteiger partial charge in [-0.05, 0) is 39.0 Å². The molecule has 1 heterocycles. The first-order valence-electron chi connectivity index (χ1n) is 6.23. The number of nitrogens with one attached hydrogen (secondary N) is 2. The Labute approximate surface area is 116 Å². The number of benzene rings is 1. The number of fused-ring (bicyclic) bond motifs is 1. The van der Waals surface area contributed by atoms with Gasteiger partial charge in [0.05, 0.1) is 29.2 Å². The molecule has 104 valence electrons. The summed E-state index contributed by atoms with van der Waals surface area (Å²) in [6, 6.07) is 7.26. The number of imidazole rings is 1. The first-order chi connectivity index (χ1) is 9.37. The van der Waals surface area contributed by atoms with Gasteiger partial charge in [-0.2, -0.15) is 5.26 Å². The summed E-state index contributed by atoms with van der Waals surface area (Å²) in [6.07, 6.45) is -0.490. The molecular formula is C14H16N4O2. The number of aromatic amines is 1. The summed E-state index contributed by atoms with van der Waals surface area (Å²) in [6.45, 7) is 5.65. The lowest BCUT2D eigenvalue weighted by molar-refractivity contribution is 0.0522. The van der Waals surface area contributed by atoms with E-state index in [2.05, 4.69) is 21.4 Å².